The summed E-state index contributed by atoms with van der Waals surface area (Å²) >= 11 is 3.37. The zero-order chi connectivity index (χ0) is 13.0. The maximum Gasteiger partial charge on any atom is 0.167 e. The molecule has 2 rings (SSSR count). The van der Waals surface area contributed by atoms with E-state index in [0.717, 1.165) is 10.0 Å². The van der Waals surface area contributed by atoms with Crippen molar-refractivity contribution in [3.05, 3.63) is 64.1 Å². The number of hydrogen-bond donors (Lipinski definition) is 0. The van der Waals surface area contributed by atoms with Crippen LogP contribution in [0.1, 0.15) is 15.9 Å². The monoisotopic (exact) mass is 304 g/mol. The van der Waals surface area contributed by atoms with Crippen LogP contribution in [0.5, 0.6) is 5.75 Å². The molecule has 0 heterocycles. The predicted molar refractivity (Wildman–Crippen MR) is 75.2 cm³/mol. The van der Waals surface area contributed by atoms with Crippen LogP contribution < -0.4 is 4.74 Å². The van der Waals surface area contributed by atoms with Crippen LogP contribution in [0.3, 0.4) is 0 Å². The molecule has 18 heavy (non-hydrogen) atoms. The molecular weight excluding hydrogens is 292 g/mol. The van der Waals surface area contributed by atoms with Gasteiger partial charge in [-0.15, -0.1) is 0 Å². The summed E-state index contributed by atoms with van der Waals surface area (Å²) in [6.07, 6.45) is 0.408. The number of hydrogen-bond acceptors (Lipinski definition) is 2. The van der Waals surface area contributed by atoms with E-state index in [2.05, 4.69) is 15.9 Å². The van der Waals surface area contributed by atoms with Gasteiger partial charge in [0.2, 0.25) is 0 Å². The van der Waals surface area contributed by atoms with Crippen molar-refractivity contribution in [3.8, 4) is 5.75 Å². The van der Waals surface area contributed by atoms with Crippen LogP contribution in [0, 0.1) is 0 Å². The number of ketones is 1. The number of benzene rings is 2. The molecule has 0 saturated heterocycles. The van der Waals surface area contributed by atoms with Crippen LogP contribution in [0.25, 0.3) is 0 Å². The van der Waals surface area contributed by atoms with Crippen molar-refractivity contribution >= 4 is 21.7 Å². The Labute approximate surface area is 115 Å². The highest BCUT2D eigenvalue weighted by atomic mass is 79.9. The summed E-state index contributed by atoms with van der Waals surface area (Å²) in [6, 6.07) is 15.1. The summed E-state index contributed by atoms with van der Waals surface area (Å²) in [6.45, 7) is 0. The SMILES string of the molecule is COc1cc(C(=O)Cc2ccccc2)ccc1Br. The van der Waals surface area contributed by atoms with Gasteiger partial charge in [-0.25, -0.2) is 0 Å². The normalized spacial score (nSPS) is 10.1. The molecule has 0 atom stereocenters. The minimum Gasteiger partial charge on any atom is -0.496 e. The molecule has 0 bridgehead atoms. The minimum absolute atomic E-state index is 0.0898. The molecule has 0 aliphatic heterocycles. The Bertz CT molecular complexity index is 550. The molecule has 2 aromatic carbocycles. The first-order chi connectivity index (χ1) is 8.70. The Balaban J connectivity index is 2.19. The Hall–Kier alpha value is -1.61. The van der Waals surface area contributed by atoms with Crippen molar-refractivity contribution in [1.29, 1.82) is 0 Å². The molecule has 2 nitrogen and oxygen atoms in total. The van der Waals surface area contributed by atoms with E-state index >= 15 is 0 Å². The molecule has 3 heteroatoms. The van der Waals surface area contributed by atoms with E-state index in [4.69, 9.17) is 4.74 Å². The molecule has 0 fully saturated rings. The van der Waals surface area contributed by atoms with Crippen molar-refractivity contribution in [2.75, 3.05) is 7.11 Å². The lowest BCUT2D eigenvalue weighted by Gasteiger charge is -2.06. The third-order valence-electron chi connectivity index (χ3n) is 2.68. The molecule has 92 valence electrons. The van der Waals surface area contributed by atoms with Crippen molar-refractivity contribution in [1.82, 2.24) is 0 Å². The van der Waals surface area contributed by atoms with E-state index in [-0.39, 0.29) is 5.78 Å². The molecule has 0 unspecified atom stereocenters. The third kappa shape index (κ3) is 2.99. The third-order valence-corrected chi connectivity index (χ3v) is 3.34. The van der Waals surface area contributed by atoms with Crippen molar-refractivity contribution < 1.29 is 9.53 Å². The molecule has 0 radical (unpaired) electrons. The molecule has 0 aliphatic rings. The van der Waals surface area contributed by atoms with Crippen LogP contribution in [-0.4, -0.2) is 12.9 Å². The first-order valence-corrected chi connectivity index (χ1v) is 6.40. The van der Waals surface area contributed by atoms with E-state index in [0.29, 0.717) is 17.7 Å². The average Bonchev–Trinajstić information content (AvgIpc) is 2.40. The van der Waals surface area contributed by atoms with Crippen LogP contribution >= 0.6 is 15.9 Å². The van der Waals surface area contributed by atoms with E-state index < -0.39 is 0 Å². The Morgan fingerprint density at radius 3 is 2.56 bits per heavy atom. The fourth-order valence-electron chi connectivity index (χ4n) is 1.72. The minimum atomic E-state index is 0.0898. The van der Waals surface area contributed by atoms with Gasteiger partial charge >= 0.3 is 0 Å². The average molecular weight is 305 g/mol. The summed E-state index contributed by atoms with van der Waals surface area (Å²) in [4.78, 5) is 12.1. The molecule has 0 N–H and O–H groups in total. The molecule has 0 amide bonds. The summed E-state index contributed by atoms with van der Waals surface area (Å²) in [5.41, 5.74) is 1.68. The molecule has 0 aliphatic carbocycles. The van der Waals surface area contributed by atoms with Gasteiger partial charge in [-0.05, 0) is 33.6 Å². The van der Waals surface area contributed by atoms with Gasteiger partial charge in [0.25, 0.3) is 0 Å². The number of Topliss-reactive ketones (excluding diaryl/α,β-unsaturated/α-hetero) is 1. The van der Waals surface area contributed by atoms with E-state index in [1.54, 1.807) is 19.2 Å². The highest BCUT2D eigenvalue weighted by Crippen LogP contribution is 2.26. The van der Waals surface area contributed by atoms with Gasteiger partial charge < -0.3 is 4.74 Å². The number of carbonyl (C=O) groups is 1. The zero-order valence-corrected chi connectivity index (χ0v) is 11.6. The van der Waals surface area contributed by atoms with Gasteiger partial charge in [-0.3, -0.25) is 4.79 Å². The molecule has 0 aromatic heterocycles. The van der Waals surface area contributed by atoms with Crippen molar-refractivity contribution in [2.45, 2.75) is 6.42 Å². The maximum absolute atomic E-state index is 12.1. The summed E-state index contributed by atoms with van der Waals surface area (Å²) in [5, 5.41) is 0. The highest BCUT2D eigenvalue weighted by molar-refractivity contribution is 9.10. The molecular formula is C15H13BrO2. The quantitative estimate of drug-likeness (QED) is 0.801. The van der Waals surface area contributed by atoms with E-state index in [1.807, 2.05) is 36.4 Å². The van der Waals surface area contributed by atoms with Crippen LogP contribution in [-0.2, 0) is 6.42 Å². The van der Waals surface area contributed by atoms with E-state index in [1.165, 1.54) is 0 Å². The van der Waals surface area contributed by atoms with Gasteiger partial charge in [-0.1, -0.05) is 36.4 Å². The maximum atomic E-state index is 12.1. The van der Waals surface area contributed by atoms with Gasteiger partial charge in [0.1, 0.15) is 5.75 Å². The van der Waals surface area contributed by atoms with E-state index in [9.17, 15) is 4.79 Å². The largest absolute Gasteiger partial charge is 0.496 e. The lowest BCUT2D eigenvalue weighted by Crippen LogP contribution is -2.03. The Morgan fingerprint density at radius 1 is 1.17 bits per heavy atom. The first kappa shape index (κ1) is 12.8. The Morgan fingerprint density at radius 2 is 1.89 bits per heavy atom. The van der Waals surface area contributed by atoms with Crippen molar-refractivity contribution in [3.63, 3.8) is 0 Å². The number of rotatable bonds is 4. The second-order valence-corrected chi connectivity index (χ2v) is 4.79. The molecule has 2 aromatic rings. The predicted octanol–water partition coefficient (Wildman–Crippen LogP) is 3.88. The number of halogens is 1. The molecule has 0 saturated carbocycles. The first-order valence-electron chi connectivity index (χ1n) is 5.61. The molecule has 0 spiro atoms. The smallest absolute Gasteiger partial charge is 0.167 e. The standard InChI is InChI=1S/C15H13BrO2/c1-18-15-10-12(7-8-13(15)16)14(17)9-11-5-3-2-4-6-11/h2-8,10H,9H2,1H3. The van der Waals surface area contributed by atoms with Crippen LogP contribution in [0.15, 0.2) is 53.0 Å². The number of methoxy groups -OCH3 is 1. The zero-order valence-electron chi connectivity index (χ0n) is 10.0. The topological polar surface area (TPSA) is 26.3 Å². The number of carbonyl (C=O) groups excluding carboxylic acids is 1. The highest BCUT2D eigenvalue weighted by Gasteiger charge is 2.09. The van der Waals surface area contributed by atoms with Gasteiger partial charge in [0.05, 0.1) is 11.6 Å². The summed E-state index contributed by atoms with van der Waals surface area (Å²) in [5.74, 6) is 0.765. The fourth-order valence-corrected chi connectivity index (χ4v) is 2.13. The second-order valence-electron chi connectivity index (χ2n) is 3.93. The van der Waals surface area contributed by atoms with Gasteiger partial charge in [0, 0.05) is 12.0 Å². The lowest BCUT2D eigenvalue weighted by atomic mass is 10.0. The number of ether oxygens (including phenoxy) is 1. The summed E-state index contributed by atoms with van der Waals surface area (Å²) < 4.78 is 6.04. The fraction of sp³-hybridized carbons (Fsp3) is 0.133. The second kappa shape index (κ2) is 5.83. The Kier molecular flexibility index (Phi) is 4.15. The van der Waals surface area contributed by atoms with Crippen LogP contribution in [0.2, 0.25) is 0 Å². The lowest BCUT2D eigenvalue weighted by molar-refractivity contribution is 0.0992. The van der Waals surface area contributed by atoms with Gasteiger partial charge in [0.15, 0.2) is 5.78 Å². The van der Waals surface area contributed by atoms with Crippen molar-refractivity contribution in [2.24, 2.45) is 0 Å². The van der Waals surface area contributed by atoms with Gasteiger partial charge in [-0.2, -0.15) is 0 Å². The van der Waals surface area contributed by atoms with Crippen LogP contribution in [0.4, 0.5) is 0 Å². The summed E-state index contributed by atoms with van der Waals surface area (Å²) in [7, 11) is 1.59.